The van der Waals surface area contributed by atoms with Gasteiger partial charge in [0.25, 0.3) is 0 Å². The molecule has 0 spiro atoms. The quantitative estimate of drug-likeness (QED) is 0.469. The van der Waals surface area contributed by atoms with Crippen LogP contribution in [0.2, 0.25) is 19.6 Å². The maximum absolute atomic E-state index is 2.47. The third kappa shape index (κ3) is 5.53. The SMILES string of the molecule is CN([SiH3])[Si](C)(C)C.[Na]. The Labute approximate surface area is 78.7 Å². The number of hydrogen-bond acceptors (Lipinski definition) is 1. The van der Waals surface area contributed by atoms with E-state index in [1.165, 1.54) is 10.4 Å². The molecule has 4 heteroatoms. The van der Waals surface area contributed by atoms with Crippen LogP contribution in [0.3, 0.4) is 0 Å². The van der Waals surface area contributed by atoms with Gasteiger partial charge in [-0.05, 0) is 7.05 Å². The van der Waals surface area contributed by atoms with Crippen LogP contribution in [0.25, 0.3) is 0 Å². The molecule has 0 amide bonds. The Morgan fingerprint density at radius 1 is 1.25 bits per heavy atom. The predicted octanol–water partition coefficient (Wildman–Crippen LogP) is -0.347. The average molecular weight is 156 g/mol. The van der Waals surface area contributed by atoms with Crippen molar-refractivity contribution in [2.75, 3.05) is 7.05 Å². The van der Waals surface area contributed by atoms with E-state index in [0.29, 0.717) is 0 Å². The molecule has 0 aliphatic carbocycles. The van der Waals surface area contributed by atoms with E-state index in [4.69, 9.17) is 0 Å². The van der Waals surface area contributed by atoms with Crippen LogP contribution in [0.1, 0.15) is 0 Å². The van der Waals surface area contributed by atoms with E-state index in [9.17, 15) is 0 Å². The Kier molecular flexibility index (Phi) is 6.43. The first-order chi connectivity index (χ1) is 2.94. The first-order valence-electron chi connectivity index (χ1n) is 2.62. The van der Waals surface area contributed by atoms with E-state index in [0.717, 1.165) is 0 Å². The molecule has 0 saturated carbocycles. The summed E-state index contributed by atoms with van der Waals surface area (Å²) >= 11 is 0. The Hall–Kier alpha value is 1.39. The van der Waals surface area contributed by atoms with E-state index in [1.54, 1.807) is 0 Å². The minimum absolute atomic E-state index is 0. The molecular weight excluding hydrogens is 141 g/mol. The summed E-state index contributed by atoms with van der Waals surface area (Å²) < 4.78 is 2.47. The molecule has 0 rings (SSSR count). The first kappa shape index (κ1) is 12.1. The molecule has 0 N–H and O–H groups in total. The molecule has 0 atom stereocenters. The summed E-state index contributed by atoms with van der Waals surface area (Å²) in [5, 5.41) is 0. The van der Waals surface area contributed by atoms with Gasteiger partial charge in [0, 0.05) is 29.6 Å². The summed E-state index contributed by atoms with van der Waals surface area (Å²) in [5.74, 6) is 0. The molecule has 0 fully saturated rings. The fourth-order valence-corrected chi connectivity index (χ4v) is 0. The van der Waals surface area contributed by atoms with Crippen molar-refractivity contribution in [3.05, 3.63) is 0 Å². The van der Waals surface area contributed by atoms with Gasteiger partial charge >= 0.3 is 0 Å². The molecule has 0 heterocycles. The second kappa shape index (κ2) is 4.25. The fourth-order valence-electron chi connectivity index (χ4n) is 0. The number of rotatable bonds is 1. The minimum atomic E-state index is -0.840. The topological polar surface area (TPSA) is 3.24 Å². The molecule has 0 aliphatic heterocycles. The normalized spacial score (nSPS) is 11.6. The monoisotopic (exact) mass is 156 g/mol. The summed E-state index contributed by atoms with van der Waals surface area (Å²) in [4.78, 5) is 0. The maximum Gasteiger partial charge on any atom is 0.111 e. The van der Waals surface area contributed by atoms with Gasteiger partial charge in [-0.3, -0.25) is 0 Å². The molecule has 0 bridgehead atoms. The van der Waals surface area contributed by atoms with Gasteiger partial charge in [0.05, 0.1) is 10.4 Å². The van der Waals surface area contributed by atoms with Crippen LogP contribution in [-0.4, -0.2) is 59.5 Å². The van der Waals surface area contributed by atoms with E-state index in [2.05, 4.69) is 30.9 Å². The summed E-state index contributed by atoms with van der Waals surface area (Å²) in [6.07, 6.45) is 0. The molecule has 0 aliphatic rings. The summed E-state index contributed by atoms with van der Waals surface area (Å²) in [6, 6.07) is 0. The Morgan fingerprint density at radius 2 is 1.38 bits per heavy atom. The zero-order valence-corrected chi connectivity index (χ0v) is 11.9. The molecule has 0 aromatic carbocycles. The van der Waals surface area contributed by atoms with Crippen LogP contribution >= 0.6 is 0 Å². The van der Waals surface area contributed by atoms with Crippen molar-refractivity contribution in [3.63, 3.8) is 0 Å². The predicted molar refractivity (Wildman–Crippen MR) is 46.8 cm³/mol. The second-order valence-corrected chi connectivity index (χ2v) is 10.5. The fraction of sp³-hybridized carbons (Fsp3) is 1.00. The largest absolute Gasteiger partial charge is 0.356 e. The van der Waals surface area contributed by atoms with Crippen LogP contribution in [0.15, 0.2) is 0 Å². The van der Waals surface area contributed by atoms with Crippen molar-refractivity contribution in [1.82, 2.24) is 4.23 Å². The summed E-state index contributed by atoms with van der Waals surface area (Å²) in [5.41, 5.74) is 0. The molecular formula is C4H15NNaSi2. The molecule has 1 radical (unpaired) electrons. The van der Waals surface area contributed by atoms with Crippen molar-refractivity contribution in [2.24, 2.45) is 0 Å². The van der Waals surface area contributed by atoms with Crippen molar-refractivity contribution >= 4 is 48.2 Å². The molecule has 0 unspecified atom stereocenters. The van der Waals surface area contributed by atoms with Crippen LogP contribution < -0.4 is 0 Å². The van der Waals surface area contributed by atoms with Crippen molar-refractivity contribution in [2.45, 2.75) is 19.6 Å². The maximum atomic E-state index is 2.47. The molecule has 0 aromatic heterocycles. The van der Waals surface area contributed by atoms with Gasteiger partial charge in [0.2, 0.25) is 0 Å². The van der Waals surface area contributed by atoms with E-state index in [-0.39, 0.29) is 29.6 Å². The van der Waals surface area contributed by atoms with Gasteiger partial charge in [-0.1, -0.05) is 19.6 Å². The Morgan fingerprint density at radius 3 is 1.38 bits per heavy atom. The van der Waals surface area contributed by atoms with E-state index >= 15 is 0 Å². The molecule has 0 saturated heterocycles. The molecule has 0 aromatic rings. The van der Waals surface area contributed by atoms with Gasteiger partial charge in [-0.15, -0.1) is 0 Å². The van der Waals surface area contributed by atoms with Gasteiger partial charge in [0.1, 0.15) is 8.24 Å². The van der Waals surface area contributed by atoms with Gasteiger partial charge < -0.3 is 4.23 Å². The van der Waals surface area contributed by atoms with Crippen LogP contribution in [0, 0.1) is 0 Å². The molecule has 45 valence electrons. The third-order valence-corrected chi connectivity index (χ3v) is 8.05. The van der Waals surface area contributed by atoms with Gasteiger partial charge in [0.15, 0.2) is 0 Å². The zero-order chi connectivity index (χ0) is 6.08. The number of nitrogens with zero attached hydrogens (tertiary/aromatic N) is 1. The first-order valence-corrected chi connectivity index (χ1v) is 6.96. The number of hydrogen-bond donors (Lipinski definition) is 0. The van der Waals surface area contributed by atoms with E-state index < -0.39 is 8.24 Å². The summed E-state index contributed by atoms with van der Waals surface area (Å²) in [6.45, 7) is 7.08. The molecule has 1 nitrogen and oxygen atoms in total. The Balaban J connectivity index is 0. The van der Waals surface area contributed by atoms with Gasteiger partial charge in [-0.2, -0.15) is 0 Å². The average Bonchev–Trinajstić information content (AvgIpc) is 1.31. The van der Waals surface area contributed by atoms with Crippen molar-refractivity contribution in [3.8, 4) is 0 Å². The Bertz CT molecular complexity index is 59.5. The smallest absolute Gasteiger partial charge is 0.111 e. The van der Waals surface area contributed by atoms with E-state index in [1.807, 2.05) is 0 Å². The van der Waals surface area contributed by atoms with Crippen LogP contribution in [0.5, 0.6) is 0 Å². The third-order valence-electron chi connectivity index (χ3n) is 1.34. The molecule has 8 heavy (non-hydrogen) atoms. The van der Waals surface area contributed by atoms with Crippen molar-refractivity contribution in [1.29, 1.82) is 0 Å². The van der Waals surface area contributed by atoms with Crippen molar-refractivity contribution < 1.29 is 0 Å². The van der Waals surface area contributed by atoms with Crippen LogP contribution in [-0.2, 0) is 0 Å². The standard InChI is InChI=1S/C4H15NSi2.Na/c1-5(6)7(2,3)4;/h1-4,6H3;. The summed E-state index contributed by atoms with van der Waals surface area (Å²) in [7, 11) is 2.59. The van der Waals surface area contributed by atoms with Crippen LogP contribution in [0.4, 0.5) is 0 Å². The second-order valence-electron chi connectivity index (χ2n) is 3.07. The minimum Gasteiger partial charge on any atom is -0.356 e. The van der Waals surface area contributed by atoms with Gasteiger partial charge in [-0.25, -0.2) is 0 Å². The zero-order valence-electron chi connectivity index (χ0n) is 6.95.